The first-order chi connectivity index (χ1) is 12.9. The van der Waals surface area contributed by atoms with Crippen LogP contribution in [0.1, 0.15) is 18.1 Å². The predicted molar refractivity (Wildman–Crippen MR) is 105 cm³/mol. The molecule has 7 heteroatoms. The number of rotatable bonds is 4. The van der Waals surface area contributed by atoms with Gasteiger partial charge in [0.15, 0.2) is 0 Å². The Morgan fingerprint density at radius 2 is 1.93 bits per heavy atom. The Kier molecular flexibility index (Phi) is 5.41. The number of hydrogen-bond acceptors (Lipinski definition) is 4. The number of imide groups is 2. The number of hydrogen-bond donors (Lipinski definition) is 1. The molecule has 4 amide bonds. The molecule has 0 saturated carbocycles. The van der Waals surface area contributed by atoms with Crippen LogP contribution < -0.4 is 15.0 Å². The molecule has 27 heavy (non-hydrogen) atoms. The van der Waals surface area contributed by atoms with Crippen LogP contribution in [0.25, 0.3) is 6.08 Å². The van der Waals surface area contributed by atoms with E-state index in [9.17, 15) is 14.4 Å². The number of carbonyl (C=O) groups is 3. The normalized spacial score (nSPS) is 15.9. The number of benzene rings is 2. The minimum Gasteiger partial charge on any atom is -0.494 e. The molecule has 1 saturated heterocycles. The minimum absolute atomic E-state index is 0.128. The zero-order chi connectivity index (χ0) is 19.6. The molecule has 0 radical (unpaired) electrons. The third-order valence-corrected chi connectivity index (χ3v) is 4.34. The SMILES string of the molecule is CCOc1cc(Br)cc(/C=C2\C(=O)NC(=O)N(c3cccc(C)c3)C2=O)c1. The molecule has 138 valence electrons. The van der Waals surface area contributed by atoms with Crippen molar-refractivity contribution in [1.29, 1.82) is 0 Å². The fourth-order valence-corrected chi connectivity index (χ4v) is 3.23. The van der Waals surface area contributed by atoms with Gasteiger partial charge in [0.1, 0.15) is 11.3 Å². The monoisotopic (exact) mass is 428 g/mol. The van der Waals surface area contributed by atoms with Crippen molar-refractivity contribution in [3.63, 3.8) is 0 Å². The van der Waals surface area contributed by atoms with E-state index in [2.05, 4.69) is 21.2 Å². The molecule has 1 N–H and O–H groups in total. The summed E-state index contributed by atoms with van der Waals surface area (Å²) in [6, 6.07) is 11.4. The fourth-order valence-electron chi connectivity index (χ4n) is 2.74. The molecule has 0 aromatic heterocycles. The zero-order valence-electron chi connectivity index (χ0n) is 14.8. The summed E-state index contributed by atoms with van der Waals surface area (Å²) >= 11 is 3.38. The third-order valence-electron chi connectivity index (χ3n) is 3.88. The van der Waals surface area contributed by atoms with Gasteiger partial charge in [-0.1, -0.05) is 28.1 Å². The molecule has 1 aliphatic rings. The van der Waals surface area contributed by atoms with Gasteiger partial charge >= 0.3 is 6.03 Å². The molecule has 0 aliphatic carbocycles. The Bertz CT molecular complexity index is 968. The number of carbonyl (C=O) groups excluding carboxylic acids is 3. The molecule has 0 bridgehead atoms. The maximum atomic E-state index is 12.9. The first kappa shape index (κ1) is 18.8. The Labute approximate surface area is 164 Å². The molecule has 0 atom stereocenters. The summed E-state index contributed by atoms with van der Waals surface area (Å²) in [5, 5.41) is 2.22. The lowest BCUT2D eigenvalue weighted by molar-refractivity contribution is -0.122. The number of nitrogens with zero attached hydrogens (tertiary/aromatic N) is 1. The fraction of sp³-hybridized carbons (Fsp3) is 0.150. The largest absolute Gasteiger partial charge is 0.494 e. The van der Waals surface area contributed by atoms with E-state index >= 15 is 0 Å². The topological polar surface area (TPSA) is 75.7 Å². The maximum absolute atomic E-state index is 12.9. The smallest absolute Gasteiger partial charge is 0.335 e. The molecular weight excluding hydrogens is 412 g/mol. The highest BCUT2D eigenvalue weighted by molar-refractivity contribution is 9.10. The van der Waals surface area contributed by atoms with Gasteiger partial charge in [0, 0.05) is 4.47 Å². The van der Waals surface area contributed by atoms with Crippen molar-refractivity contribution in [2.24, 2.45) is 0 Å². The van der Waals surface area contributed by atoms with Crippen LogP contribution >= 0.6 is 15.9 Å². The predicted octanol–water partition coefficient (Wildman–Crippen LogP) is 3.82. The number of ether oxygens (including phenoxy) is 1. The van der Waals surface area contributed by atoms with E-state index in [-0.39, 0.29) is 5.57 Å². The molecular formula is C20H17BrN2O4. The van der Waals surface area contributed by atoms with Gasteiger partial charge in [-0.05, 0) is 61.4 Å². The Morgan fingerprint density at radius 3 is 2.63 bits per heavy atom. The van der Waals surface area contributed by atoms with E-state index in [1.54, 1.807) is 36.4 Å². The van der Waals surface area contributed by atoms with Gasteiger partial charge in [0.25, 0.3) is 11.8 Å². The minimum atomic E-state index is -0.767. The summed E-state index contributed by atoms with van der Waals surface area (Å²) in [7, 11) is 0. The third kappa shape index (κ3) is 4.09. The number of urea groups is 1. The number of aryl methyl sites for hydroxylation is 1. The van der Waals surface area contributed by atoms with Crippen molar-refractivity contribution >= 4 is 45.5 Å². The highest BCUT2D eigenvalue weighted by Crippen LogP contribution is 2.26. The molecule has 0 spiro atoms. The second-order valence-corrected chi connectivity index (χ2v) is 6.87. The number of anilines is 1. The number of barbiturate groups is 1. The van der Waals surface area contributed by atoms with Crippen LogP contribution in [-0.4, -0.2) is 24.5 Å². The first-order valence-electron chi connectivity index (χ1n) is 8.30. The summed E-state index contributed by atoms with van der Waals surface area (Å²) in [6.45, 7) is 4.21. The highest BCUT2D eigenvalue weighted by atomic mass is 79.9. The average molecular weight is 429 g/mol. The van der Waals surface area contributed by atoms with Crippen molar-refractivity contribution in [3.05, 3.63) is 63.6 Å². The van der Waals surface area contributed by atoms with E-state index in [1.807, 2.05) is 19.9 Å². The zero-order valence-corrected chi connectivity index (χ0v) is 16.4. The molecule has 6 nitrogen and oxygen atoms in total. The van der Waals surface area contributed by atoms with Gasteiger partial charge in [-0.3, -0.25) is 14.9 Å². The Hall–Kier alpha value is -2.93. The first-order valence-corrected chi connectivity index (χ1v) is 9.10. The molecule has 2 aromatic carbocycles. The van der Waals surface area contributed by atoms with Crippen molar-refractivity contribution < 1.29 is 19.1 Å². The van der Waals surface area contributed by atoms with Crippen LogP contribution in [0.15, 0.2) is 52.5 Å². The second kappa shape index (κ2) is 7.75. The van der Waals surface area contributed by atoms with Crippen LogP contribution in [0.4, 0.5) is 10.5 Å². The quantitative estimate of drug-likeness (QED) is 0.592. The van der Waals surface area contributed by atoms with E-state index in [1.165, 1.54) is 6.08 Å². The average Bonchev–Trinajstić information content (AvgIpc) is 2.58. The summed E-state index contributed by atoms with van der Waals surface area (Å²) in [4.78, 5) is 38.4. The summed E-state index contributed by atoms with van der Waals surface area (Å²) in [6.07, 6.45) is 1.44. The van der Waals surface area contributed by atoms with Gasteiger partial charge in [-0.25, -0.2) is 9.69 Å². The van der Waals surface area contributed by atoms with E-state index in [0.717, 1.165) is 14.9 Å². The lowest BCUT2D eigenvalue weighted by Gasteiger charge is -2.26. The van der Waals surface area contributed by atoms with E-state index < -0.39 is 17.8 Å². The van der Waals surface area contributed by atoms with Gasteiger partial charge in [-0.2, -0.15) is 0 Å². The second-order valence-electron chi connectivity index (χ2n) is 5.95. The standard InChI is InChI=1S/C20H17BrN2O4/c1-3-27-16-9-13(8-14(21)11-16)10-17-18(24)22-20(26)23(19(17)25)15-6-4-5-12(2)7-15/h4-11H,3H2,1-2H3,(H,22,24,26)/b17-10+. The lowest BCUT2D eigenvalue weighted by atomic mass is 10.1. The highest BCUT2D eigenvalue weighted by Gasteiger charge is 2.36. The van der Waals surface area contributed by atoms with Crippen LogP contribution in [0.5, 0.6) is 5.75 Å². The van der Waals surface area contributed by atoms with Gasteiger partial charge < -0.3 is 4.74 Å². The van der Waals surface area contributed by atoms with E-state index in [4.69, 9.17) is 4.74 Å². The molecule has 1 heterocycles. The Balaban J connectivity index is 2.02. The maximum Gasteiger partial charge on any atom is 0.335 e. The van der Waals surface area contributed by atoms with Crippen LogP contribution in [0, 0.1) is 6.92 Å². The summed E-state index contributed by atoms with van der Waals surface area (Å²) in [5.74, 6) is -0.798. The van der Waals surface area contributed by atoms with Crippen molar-refractivity contribution in [1.82, 2.24) is 5.32 Å². The van der Waals surface area contributed by atoms with Crippen molar-refractivity contribution in [3.8, 4) is 5.75 Å². The summed E-state index contributed by atoms with van der Waals surface area (Å²) < 4.78 is 6.23. The van der Waals surface area contributed by atoms with Gasteiger partial charge in [-0.15, -0.1) is 0 Å². The lowest BCUT2D eigenvalue weighted by Crippen LogP contribution is -2.54. The van der Waals surface area contributed by atoms with Crippen molar-refractivity contribution in [2.45, 2.75) is 13.8 Å². The molecule has 3 rings (SSSR count). The van der Waals surface area contributed by atoms with Gasteiger partial charge in [0.2, 0.25) is 0 Å². The molecule has 0 unspecified atom stereocenters. The number of nitrogens with one attached hydrogen (secondary N) is 1. The van der Waals surface area contributed by atoms with Crippen molar-refractivity contribution in [2.75, 3.05) is 11.5 Å². The Morgan fingerprint density at radius 1 is 1.15 bits per heavy atom. The van der Waals surface area contributed by atoms with Crippen LogP contribution in [-0.2, 0) is 9.59 Å². The number of halogens is 1. The molecule has 1 aliphatic heterocycles. The van der Waals surface area contributed by atoms with Crippen LogP contribution in [0.2, 0.25) is 0 Å². The van der Waals surface area contributed by atoms with Crippen LogP contribution in [0.3, 0.4) is 0 Å². The summed E-state index contributed by atoms with van der Waals surface area (Å²) in [5.41, 5.74) is 1.77. The van der Waals surface area contributed by atoms with Gasteiger partial charge in [0.05, 0.1) is 12.3 Å². The van der Waals surface area contributed by atoms with E-state index in [0.29, 0.717) is 23.6 Å². The molecule has 2 aromatic rings. The number of amides is 4. The molecule has 1 fully saturated rings.